The summed E-state index contributed by atoms with van der Waals surface area (Å²) in [5, 5.41) is 4.09. The van der Waals surface area contributed by atoms with Crippen LogP contribution in [0, 0.1) is 0 Å². The molecular weight excluding hydrogens is 232 g/mol. The fourth-order valence-electron chi connectivity index (χ4n) is 1.49. The minimum Gasteiger partial charge on any atom is -0.490 e. The molecule has 0 unspecified atom stereocenters. The normalized spacial score (nSPS) is 10.4. The van der Waals surface area contributed by atoms with Gasteiger partial charge in [-0.3, -0.25) is 9.48 Å². The fraction of sp³-hybridized carbons (Fsp3) is 0.667. The van der Waals surface area contributed by atoms with Crippen molar-refractivity contribution in [3.63, 3.8) is 0 Å². The van der Waals surface area contributed by atoms with Crippen molar-refractivity contribution in [3.8, 4) is 5.75 Å². The maximum Gasteiger partial charge on any atom is 0.225 e. The number of ether oxygens (including phenoxy) is 1. The molecule has 0 bridgehead atoms. The molecule has 18 heavy (non-hydrogen) atoms. The first-order valence-corrected chi connectivity index (χ1v) is 6.26. The molecule has 0 aromatic carbocycles. The van der Waals surface area contributed by atoms with E-state index in [1.807, 2.05) is 13.1 Å². The molecule has 0 aliphatic heterocycles. The first-order chi connectivity index (χ1) is 8.67. The summed E-state index contributed by atoms with van der Waals surface area (Å²) < 4.78 is 7.24. The van der Waals surface area contributed by atoms with Crippen molar-refractivity contribution in [2.24, 2.45) is 5.73 Å². The predicted molar refractivity (Wildman–Crippen MR) is 69.3 cm³/mol. The smallest absolute Gasteiger partial charge is 0.225 e. The number of carbonyl (C=O) groups excluding carboxylic acids is 1. The Labute approximate surface area is 108 Å². The first kappa shape index (κ1) is 14.5. The van der Waals surface area contributed by atoms with Gasteiger partial charge in [-0.2, -0.15) is 5.10 Å². The van der Waals surface area contributed by atoms with Gasteiger partial charge in [-0.1, -0.05) is 0 Å². The first-order valence-electron chi connectivity index (χ1n) is 6.26. The van der Waals surface area contributed by atoms with E-state index in [0.717, 1.165) is 13.0 Å². The van der Waals surface area contributed by atoms with Gasteiger partial charge < -0.3 is 15.4 Å². The molecule has 0 atom stereocenters. The van der Waals surface area contributed by atoms with Gasteiger partial charge in [-0.25, -0.2) is 0 Å². The van der Waals surface area contributed by atoms with E-state index in [9.17, 15) is 4.79 Å². The Bertz CT molecular complexity index is 365. The molecule has 1 aromatic heterocycles. The highest BCUT2D eigenvalue weighted by molar-refractivity contribution is 5.75. The molecule has 0 fully saturated rings. The Balaban J connectivity index is 2.22. The molecule has 0 saturated carbocycles. The van der Waals surface area contributed by atoms with Crippen LogP contribution in [-0.4, -0.2) is 47.3 Å². The summed E-state index contributed by atoms with van der Waals surface area (Å²) in [6, 6.07) is 0. The van der Waals surface area contributed by atoms with Crippen molar-refractivity contribution >= 4 is 5.91 Å². The van der Waals surface area contributed by atoms with Crippen LogP contribution in [-0.2, 0) is 11.3 Å². The molecule has 0 spiro atoms. The Morgan fingerprint density at radius 3 is 3.00 bits per heavy atom. The summed E-state index contributed by atoms with van der Waals surface area (Å²) >= 11 is 0. The van der Waals surface area contributed by atoms with E-state index in [-0.39, 0.29) is 5.91 Å². The van der Waals surface area contributed by atoms with E-state index in [4.69, 9.17) is 10.5 Å². The minimum absolute atomic E-state index is 0.0753. The molecule has 0 saturated heterocycles. The van der Waals surface area contributed by atoms with Gasteiger partial charge in [0.1, 0.15) is 0 Å². The van der Waals surface area contributed by atoms with Crippen molar-refractivity contribution in [2.45, 2.75) is 26.3 Å². The molecule has 1 aromatic rings. The van der Waals surface area contributed by atoms with Crippen LogP contribution >= 0.6 is 0 Å². The van der Waals surface area contributed by atoms with Gasteiger partial charge in [0.15, 0.2) is 5.75 Å². The summed E-state index contributed by atoms with van der Waals surface area (Å²) in [6.45, 7) is 4.49. The predicted octanol–water partition coefficient (Wildman–Crippen LogP) is 0.479. The molecule has 1 heterocycles. The maximum absolute atomic E-state index is 11.7. The second kappa shape index (κ2) is 7.71. The summed E-state index contributed by atoms with van der Waals surface area (Å²) in [7, 11) is 1.78. The summed E-state index contributed by atoms with van der Waals surface area (Å²) in [5.74, 6) is 0.778. The summed E-state index contributed by atoms with van der Waals surface area (Å²) in [4.78, 5) is 13.4. The summed E-state index contributed by atoms with van der Waals surface area (Å²) in [5.41, 5.74) is 5.40. The highest BCUT2D eigenvalue weighted by atomic mass is 16.5. The average Bonchev–Trinajstić information content (AvgIpc) is 2.83. The van der Waals surface area contributed by atoms with Crippen LogP contribution < -0.4 is 10.5 Å². The number of amides is 1. The number of nitrogens with zero attached hydrogens (tertiary/aromatic N) is 3. The molecule has 0 aliphatic carbocycles. The van der Waals surface area contributed by atoms with Crippen LogP contribution in [0.25, 0.3) is 0 Å². The van der Waals surface area contributed by atoms with Crippen LogP contribution in [0.5, 0.6) is 5.75 Å². The highest BCUT2D eigenvalue weighted by Gasteiger charge is 2.08. The van der Waals surface area contributed by atoms with Crippen molar-refractivity contribution in [3.05, 3.63) is 12.4 Å². The average molecular weight is 254 g/mol. The third-order valence-electron chi connectivity index (χ3n) is 2.64. The molecule has 102 valence electrons. The molecule has 2 N–H and O–H groups in total. The van der Waals surface area contributed by atoms with E-state index < -0.39 is 0 Å². The third-order valence-corrected chi connectivity index (χ3v) is 2.64. The van der Waals surface area contributed by atoms with Gasteiger partial charge >= 0.3 is 0 Å². The van der Waals surface area contributed by atoms with Gasteiger partial charge in [0.25, 0.3) is 0 Å². The van der Waals surface area contributed by atoms with Crippen molar-refractivity contribution in [1.29, 1.82) is 0 Å². The zero-order chi connectivity index (χ0) is 13.4. The lowest BCUT2D eigenvalue weighted by Crippen LogP contribution is -2.29. The Kier molecular flexibility index (Phi) is 6.21. The number of hydrogen-bond acceptors (Lipinski definition) is 4. The molecule has 0 radical (unpaired) electrons. The Morgan fingerprint density at radius 2 is 2.39 bits per heavy atom. The van der Waals surface area contributed by atoms with E-state index in [1.54, 1.807) is 22.8 Å². The minimum atomic E-state index is 0.0753. The van der Waals surface area contributed by atoms with E-state index in [0.29, 0.717) is 31.9 Å². The Hall–Kier alpha value is -1.56. The SMILES string of the molecule is CCn1cc(OCCC(=O)N(C)CCCN)cn1. The van der Waals surface area contributed by atoms with Gasteiger partial charge in [0.2, 0.25) is 5.91 Å². The number of aryl methyl sites for hydroxylation is 1. The largest absolute Gasteiger partial charge is 0.490 e. The van der Waals surface area contributed by atoms with E-state index >= 15 is 0 Å². The number of rotatable bonds is 8. The van der Waals surface area contributed by atoms with E-state index in [2.05, 4.69) is 5.10 Å². The van der Waals surface area contributed by atoms with Gasteiger partial charge in [-0.15, -0.1) is 0 Å². The van der Waals surface area contributed by atoms with Gasteiger partial charge in [-0.05, 0) is 19.9 Å². The molecule has 6 nitrogen and oxygen atoms in total. The van der Waals surface area contributed by atoms with Crippen molar-refractivity contribution < 1.29 is 9.53 Å². The number of nitrogens with two attached hydrogens (primary N) is 1. The molecular formula is C12H22N4O2. The second-order valence-electron chi connectivity index (χ2n) is 4.09. The van der Waals surface area contributed by atoms with Crippen molar-refractivity contribution in [1.82, 2.24) is 14.7 Å². The standard InChI is InChI=1S/C12H22N4O2/c1-3-16-10-11(9-14-16)18-8-5-12(17)15(2)7-4-6-13/h9-10H,3-8,13H2,1-2H3. The van der Waals surface area contributed by atoms with Crippen LogP contribution in [0.15, 0.2) is 12.4 Å². The lowest BCUT2D eigenvalue weighted by atomic mass is 10.3. The number of hydrogen-bond donors (Lipinski definition) is 1. The molecule has 0 aliphatic rings. The van der Waals surface area contributed by atoms with E-state index in [1.165, 1.54) is 0 Å². The number of carbonyl (C=O) groups is 1. The van der Waals surface area contributed by atoms with Crippen molar-refractivity contribution in [2.75, 3.05) is 26.7 Å². The molecule has 1 rings (SSSR count). The maximum atomic E-state index is 11.7. The Morgan fingerprint density at radius 1 is 1.61 bits per heavy atom. The van der Waals surface area contributed by atoms with Gasteiger partial charge in [0.05, 0.1) is 25.4 Å². The lowest BCUT2D eigenvalue weighted by molar-refractivity contribution is -0.130. The van der Waals surface area contributed by atoms with Crippen LogP contribution in [0.2, 0.25) is 0 Å². The van der Waals surface area contributed by atoms with Crippen LogP contribution in [0.1, 0.15) is 19.8 Å². The zero-order valence-corrected chi connectivity index (χ0v) is 11.1. The monoisotopic (exact) mass is 254 g/mol. The summed E-state index contributed by atoms with van der Waals surface area (Å²) in [6.07, 6.45) is 4.68. The fourth-order valence-corrected chi connectivity index (χ4v) is 1.49. The second-order valence-corrected chi connectivity index (χ2v) is 4.09. The topological polar surface area (TPSA) is 73.4 Å². The molecule has 1 amide bonds. The highest BCUT2D eigenvalue weighted by Crippen LogP contribution is 2.08. The zero-order valence-electron chi connectivity index (χ0n) is 11.1. The van der Waals surface area contributed by atoms with Crippen LogP contribution in [0.4, 0.5) is 0 Å². The lowest BCUT2D eigenvalue weighted by Gasteiger charge is -2.16. The number of aromatic nitrogens is 2. The van der Waals surface area contributed by atoms with Crippen LogP contribution in [0.3, 0.4) is 0 Å². The van der Waals surface area contributed by atoms with Gasteiger partial charge in [0, 0.05) is 20.1 Å². The third kappa shape index (κ3) is 4.75. The quantitative estimate of drug-likeness (QED) is 0.732. The molecule has 6 heteroatoms.